The summed E-state index contributed by atoms with van der Waals surface area (Å²) in [7, 11) is 0.623. The van der Waals surface area contributed by atoms with E-state index in [-0.39, 0.29) is 0 Å². The summed E-state index contributed by atoms with van der Waals surface area (Å²) >= 11 is 0. The summed E-state index contributed by atoms with van der Waals surface area (Å²) in [6.45, 7) is 6.95. The first-order chi connectivity index (χ1) is 7.01. The highest BCUT2D eigenvalue weighted by Crippen LogP contribution is 2.10. The molecule has 0 bridgehead atoms. The number of nitrogens with zero attached hydrogens (tertiary/aromatic N) is 1. The van der Waals surface area contributed by atoms with Crippen LogP contribution in [0.1, 0.15) is 5.56 Å². The van der Waals surface area contributed by atoms with Crippen molar-refractivity contribution in [2.24, 2.45) is 4.99 Å². The number of aliphatic imine (C=N–C) groups is 1. The smallest absolute Gasteiger partial charge is 0.118 e. The van der Waals surface area contributed by atoms with E-state index >= 15 is 0 Å². The van der Waals surface area contributed by atoms with Gasteiger partial charge in [0, 0.05) is 12.4 Å². The molecule has 0 N–H and O–H groups in total. The SMILES string of the molecule is COc1ccc(C=NC[Si](C)(C)C)cc1. The molecule has 2 nitrogen and oxygen atoms in total. The van der Waals surface area contributed by atoms with E-state index in [9.17, 15) is 0 Å². The first-order valence-corrected chi connectivity index (χ1v) is 8.86. The predicted molar refractivity (Wildman–Crippen MR) is 68.8 cm³/mol. The largest absolute Gasteiger partial charge is 0.497 e. The molecule has 3 heteroatoms. The summed E-state index contributed by atoms with van der Waals surface area (Å²) in [6.07, 6.45) is 2.93. The molecule has 0 radical (unpaired) electrons. The lowest BCUT2D eigenvalue weighted by molar-refractivity contribution is 0.415. The zero-order valence-electron chi connectivity index (χ0n) is 9.95. The molecule has 0 spiro atoms. The van der Waals surface area contributed by atoms with Crippen molar-refractivity contribution >= 4 is 14.3 Å². The lowest BCUT2D eigenvalue weighted by atomic mass is 10.2. The van der Waals surface area contributed by atoms with E-state index in [1.165, 1.54) is 0 Å². The molecule has 0 aliphatic carbocycles. The van der Waals surface area contributed by atoms with Crippen LogP contribution in [0, 0.1) is 0 Å². The second-order valence-electron chi connectivity index (χ2n) is 4.80. The third-order valence-electron chi connectivity index (χ3n) is 1.92. The summed E-state index contributed by atoms with van der Waals surface area (Å²) < 4.78 is 5.09. The van der Waals surface area contributed by atoms with Crippen LogP contribution in [-0.2, 0) is 0 Å². The van der Waals surface area contributed by atoms with Gasteiger partial charge in [-0.25, -0.2) is 0 Å². The minimum atomic E-state index is -1.05. The number of rotatable bonds is 4. The minimum absolute atomic E-state index is 0.886. The van der Waals surface area contributed by atoms with Crippen molar-refractivity contribution in [1.82, 2.24) is 0 Å². The number of benzene rings is 1. The molecule has 0 heterocycles. The van der Waals surface area contributed by atoms with Crippen LogP contribution in [0.4, 0.5) is 0 Å². The van der Waals surface area contributed by atoms with Gasteiger partial charge in [-0.15, -0.1) is 0 Å². The molecule has 15 heavy (non-hydrogen) atoms. The predicted octanol–water partition coefficient (Wildman–Crippen LogP) is 2.99. The molecule has 0 atom stereocenters. The molecule has 0 saturated heterocycles. The Morgan fingerprint density at radius 2 is 1.80 bits per heavy atom. The van der Waals surface area contributed by atoms with Gasteiger partial charge in [0.15, 0.2) is 0 Å². The van der Waals surface area contributed by atoms with E-state index in [0.29, 0.717) is 0 Å². The molecular formula is C12H19NOSi. The molecule has 0 amide bonds. The van der Waals surface area contributed by atoms with Gasteiger partial charge < -0.3 is 4.74 Å². The highest BCUT2D eigenvalue weighted by atomic mass is 28.3. The normalized spacial score (nSPS) is 12.0. The minimum Gasteiger partial charge on any atom is -0.497 e. The van der Waals surface area contributed by atoms with E-state index in [1.807, 2.05) is 30.5 Å². The van der Waals surface area contributed by atoms with Gasteiger partial charge in [-0.05, 0) is 29.8 Å². The maximum atomic E-state index is 5.09. The van der Waals surface area contributed by atoms with E-state index in [0.717, 1.165) is 17.5 Å². The average Bonchev–Trinajstić information content (AvgIpc) is 2.17. The number of hydrogen-bond donors (Lipinski definition) is 0. The quantitative estimate of drug-likeness (QED) is 0.566. The highest BCUT2D eigenvalue weighted by molar-refractivity contribution is 6.76. The molecule has 0 aliphatic rings. The van der Waals surface area contributed by atoms with E-state index < -0.39 is 8.07 Å². The van der Waals surface area contributed by atoms with Gasteiger partial charge in [-0.3, -0.25) is 4.99 Å². The fourth-order valence-corrected chi connectivity index (χ4v) is 1.75. The highest BCUT2D eigenvalue weighted by Gasteiger charge is 2.10. The van der Waals surface area contributed by atoms with Crippen LogP contribution in [-0.4, -0.2) is 27.6 Å². The van der Waals surface area contributed by atoms with Crippen molar-refractivity contribution in [3.05, 3.63) is 29.8 Å². The van der Waals surface area contributed by atoms with Gasteiger partial charge in [-0.1, -0.05) is 19.6 Å². The third kappa shape index (κ3) is 4.79. The summed E-state index contributed by atoms with van der Waals surface area (Å²) in [5.41, 5.74) is 1.13. The molecule has 0 aromatic heterocycles. The van der Waals surface area contributed by atoms with Crippen LogP contribution in [0.15, 0.2) is 29.3 Å². The Morgan fingerprint density at radius 1 is 1.20 bits per heavy atom. The van der Waals surface area contributed by atoms with Gasteiger partial charge in [0.05, 0.1) is 15.2 Å². The first-order valence-electron chi connectivity index (χ1n) is 5.15. The summed E-state index contributed by atoms with van der Waals surface area (Å²) in [6, 6.07) is 7.95. The van der Waals surface area contributed by atoms with Crippen molar-refractivity contribution < 1.29 is 4.74 Å². The van der Waals surface area contributed by atoms with Crippen LogP contribution in [0.2, 0.25) is 19.6 Å². The van der Waals surface area contributed by atoms with Crippen molar-refractivity contribution in [1.29, 1.82) is 0 Å². The summed E-state index contributed by atoms with van der Waals surface area (Å²) in [5, 5.41) is 0. The summed E-state index contributed by atoms with van der Waals surface area (Å²) in [5.74, 6) is 0.886. The fourth-order valence-electron chi connectivity index (χ4n) is 1.11. The van der Waals surface area contributed by atoms with E-state index in [1.54, 1.807) is 7.11 Å². The van der Waals surface area contributed by atoms with Gasteiger partial charge in [-0.2, -0.15) is 0 Å². The van der Waals surface area contributed by atoms with Crippen molar-refractivity contribution in [2.75, 3.05) is 13.3 Å². The molecule has 82 valence electrons. The van der Waals surface area contributed by atoms with Gasteiger partial charge >= 0.3 is 0 Å². The second kappa shape index (κ2) is 5.12. The number of methoxy groups -OCH3 is 1. The Morgan fingerprint density at radius 3 is 2.27 bits per heavy atom. The Labute approximate surface area is 93.0 Å². The van der Waals surface area contributed by atoms with Gasteiger partial charge in [0.1, 0.15) is 5.75 Å². The van der Waals surface area contributed by atoms with E-state index in [2.05, 4.69) is 24.6 Å². The Hall–Kier alpha value is -1.09. The Balaban J connectivity index is 2.57. The van der Waals surface area contributed by atoms with Crippen molar-refractivity contribution in [3.63, 3.8) is 0 Å². The van der Waals surface area contributed by atoms with Gasteiger partial charge in [0.2, 0.25) is 0 Å². The molecule has 1 rings (SSSR count). The lowest BCUT2D eigenvalue weighted by Crippen LogP contribution is -2.24. The maximum Gasteiger partial charge on any atom is 0.118 e. The molecule has 1 aromatic rings. The standard InChI is InChI=1S/C12H19NOSi/c1-14-12-7-5-11(6-8-12)9-13-10-15(2,3)4/h5-9H,10H2,1-4H3. The molecule has 0 fully saturated rings. The van der Waals surface area contributed by atoms with Crippen LogP contribution >= 0.6 is 0 Å². The molecule has 0 unspecified atom stereocenters. The van der Waals surface area contributed by atoms with Crippen LogP contribution < -0.4 is 4.74 Å². The zero-order chi connectivity index (χ0) is 11.3. The summed E-state index contributed by atoms with van der Waals surface area (Å²) in [4.78, 5) is 4.46. The zero-order valence-corrected chi connectivity index (χ0v) is 10.9. The van der Waals surface area contributed by atoms with Crippen LogP contribution in [0.25, 0.3) is 0 Å². The van der Waals surface area contributed by atoms with Crippen LogP contribution in [0.5, 0.6) is 5.75 Å². The van der Waals surface area contributed by atoms with Crippen molar-refractivity contribution in [3.8, 4) is 5.75 Å². The fraction of sp³-hybridized carbons (Fsp3) is 0.417. The third-order valence-corrected chi connectivity index (χ3v) is 3.05. The Kier molecular flexibility index (Phi) is 4.09. The number of ether oxygens (including phenoxy) is 1. The first kappa shape index (κ1) is 12.0. The van der Waals surface area contributed by atoms with Crippen LogP contribution in [0.3, 0.4) is 0 Å². The Bertz CT molecular complexity index is 324. The monoisotopic (exact) mass is 221 g/mol. The average molecular weight is 221 g/mol. The van der Waals surface area contributed by atoms with E-state index in [4.69, 9.17) is 4.74 Å². The lowest BCUT2D eigenvalue weighted by Gasteiger charge is -2.10. The molecule has 0 aliphatic heterocycles. The van der Waals surface area contributed by atoms with Gasteiger partial charge in [0.25, 0.3) is 0 Å². The molecule has 0 saturated carbocycles. The van der Waals surface area contributed by atoms with Crippen molar-refractivity contribution in [2.45, 2.75) is 19.6 Å². The second-order valence-corrected chi connectivity index (χ2v) is 10.2. The topological polar surface area (TPSA) is 21.6 Å². The maximum absolute atomic E-state index is 5.09. The molecule has 1 aromatic carbocycles. The number of hydrogen-bond acceptors (Lipinski definition) is 2. The molecular weight excluding hydrogens is 202 g/mol.